The Morgan fingerprint density at radius 3 is 2.15 bits per heavy atom. The van der Waals surface area contributed by atoms with E-state index in [1.165, 1.54) is 38.5 Å². The Balaban J connectivity index is 3.41. The molecule has 1 atom stereocenters. The molecule has 0 aliphatic heterocycles. The summed E-state index contributed by atoms with van der Waals surface area (Å²) in [4.78, 5) is 11.1. The zero-order chi connectivity index (χ0) is 15.2. The van der Waals surface area contributed by atoms with Crippen molar-refractivity contribution in [2.75, 3.05) is 6.54 Å². The first kappa shape index (κ1) is 19.2. The molecular weight excluding hydrogens is 250 g/mol. The fraction of sp³-hybridized carbons (Fsp3) is 0.824. The van der Waals surface area contributed by atoms with Gasteiger partial charge in [-0.15, -0.1) is 6.58 Å². The van der Waals surface area contributed by atoms with Crippen LogP contribution in [0, 0.1) is 5.92 Å². The van der Waals surface area contributed by atoms with Crippen molar-refractivity contribution in [3.8, 4) is 0 Å². The zero-order valence-corrected chi connectivity index (χ0v) is 13.4. The summed E-state index contributed by atoms with van der Waals surface area (Å²) in [6.07, 6.45) is 12.5. The van der Waals surface area contributed by atoms with Crippen LogP contribution in [0.5, 0.6) is 0 Å². The summed E-state index contributed by atoms with van der Waals surface area (Å²) < 4.78 is 0. The van der Waals surface area contributed by atoms with Crippen molar-refractivity contribution >= 4 is 5.97 Å². The van der Waals surface area contributed by atoms with Crippen molar-refractivity contribution in [2.45, 2.75) is 77.7 Å². The van der Waals surface area contributed by atoms with Crippen molar-refractivity contribution in [1.82, 2.24) is 5.32 Å². The highest BCUT2D eigenvalue weighted by Crippen LogP contribution is 2.09. The van der Waals surface area contributed by atoms with Gasteiger partial charge in [0.1, 0.15) is 6.04 Å². The predicted octanol–water partition coefficient (Wildman–Crippen LogP) is 4.38. The van der Waals surface area contributed by atoms with Crippen LogP contribution in [0.3, 0.4) is 0 Å². The number of carboxylic acids is 1. The molecule has 0 spiro atoms. The summed E-state index contributed by atoms with van der Waals surface area (Å²) in [6, 6.07) is -0.381. The average molecular weight is 283 g/mol. The highest BCUT2D eigenvalue weighted by molar-refractivity contribution is 5.73. The van der Waals surface area contributed by atoms with Crippen LogP contribution in [0.15, 0.2) is 12.7 Å². The number of carboxylic acid groups (broad SMARTS) is 1. The highest BCUT2D eigenvalue weighted by Gasteiger charge is 2.17. The molecule has 0 aromatic heterocycles. The zero-order valence-electron chi connectivity index (χ0n) is 13.4. The molecule has 0 radical (unpaired) electrons. The van der Waals surface area contributed by atoms with E-state index in [4.69, 9.17) is 5.11 Å². The van der Waals surface area contributed by atoms with Gasteiger partial charge < -0.3 is 10.4 Å². The van der Waals surface area contributed by atoms with Gasteiger partial charge in [-0.1, -0.05) is 52.0 Å². The molecule has 0 rings (SSSR count). The number of hydrogen-bond acceptors (Lipinski definition) is 2. The van der Waals surface area contributed by atoms with E-state index in [9.17, 15) is 4.79 Å². The molecule has 0 aliphatic carbocycles. The summed E-state index contributed by atoms with van der Waals surface area (Å²) in [6.45, 7) is 8.66. The van der Waals surface area contributed by atoms with Crippen LogP contribution in [-0.4, -0.2) is 23.7 Å². The van der Waals surface area contributed by atoms with Crippen LogP contribution in [0.2, 0.25) is 0 Å². The second kappa shape index (κ2) is 13.2. The molecule has 3 nitrogen and oxygen atoms in total. The number of nitrogens with one attached hydrogen (secondary N) is 1. The molecular formula is C17H33NO2. The van der Waals surface area contributed by atoms with Gasteiger partial charge in [-0.2, -0.15) is 0 Å². The molecule has 0 fully saturated rings. The van der Waals surface area contributed by atoms with Crippen molar-refractivity contribution in [1.29, 1.82) is 0 Å². The molecule has 118 valence electrons. The first-order valence-corrected chi connectivity index (χ1v) is 8.15. The van der Waals surface area contributed by atoms with Crippen LogP contribution < -0.4 is 5.32 Å². The largest absolute Gasteiger partial charge is 0.480 e. The molecule has 0 amide bonds. The number of unbranched alkanes of at least 4 members (excludes halogenated alkanes) is 7. The van der Waals surface area contributed by atoms with Gasteiger partial charge in [0, 0.05) is 0 Å². The Morgan fingerprint density at radius 1 is 1.10 bits per heavy atom. The fourth-order valence-electron chi connectivity index (χ4n) is 2.32. The molecule has 0 aliphatic rings. The van der Waals surface area contributed by atoms with Gasteiger partial charge in [-0.3, -0.25) is 4.79 Å². The van der Waals surface area contributed by atoms with Gasteiger partial charge >= 0.3 is 5.97 Å². The lowest BCUT2D eigenvalue weighted by Gasteiger charge is -2.16. The molecule has 0 aromatic rings. The lowest BCUT2D eigenvalue weighted by molar-refractivity contribution is -0.139. The minimum absolute atomic E-state index is 0.381. The van der Waals surface area contributed by atoms with Crippen LogP contribution in [0.25, 0.3) is 0 Å². The van der Waals surface area contributed by atoms with Crippen molar-refractivity contribution < 1.29 is 9.90 Å². The second-order valence-corrected chi connectivity index (χ2v) is 6.03. The number of rotatable bonds is 14. The summed E-state index contributed by atoms with van der Waals surface area (Å²) in [5.74, 6) is -0.305. The van der Waals surface area contributed by atoms with E-state index in [2.05, 4.69) is 25.7 Å². The Hall–Kier alpha value is -0.830. The first-order valence-electron chi connectivity index (χ1n) is 8.15. The Bertz CT molecular complexity index is 251. The topological polar surface area (TPSA) is 49.3 Å². The minimum Gasteiger partial charge on any atom is -0.480 e. The van der Waals surface area contributed by atoms with Gasteiger partial charge in [-0.05, 0) is 38.1 Å². The Kier molecular flexibility index (Phi) is 12.6. The highest BCUT2D eigenvalue weighted by atomic mass is 16.4. The van der Waals surface area contributed by atoms with Crippen molar-refractivity contribution in [3.05, 3.63) is 12.7 Å². The first-order chi connectivity index (χ1) is 9.57. The smallest absolute Gasteiger partial charge is 0.320 e. The molecule has 0 heterocycles. The van der Waals surface area contributed by atoms with E-state index in [0.29, 0.717) is 12.3 Å². The monoisotopic (exact) mass is 283 g/mol. The number of carbonyl (C=O) groups is 1. The molecule has 0 unspecified atom stereocenters. The van der Waals surface area contributed by atoms with E-state index < -0.39 is 5.97 Å². The molecule has 0 aromatic carbocycles. The van der Waals surface area contributed by atoms with Crippen LogP contribution in [0.4, 0.5) is 0 Å². The minimum atomic E-state index is -0.721. The van der Waals surface area contributed by atoms with Crippen LogP contribution >= 0.6 is 0 Å². The predicted molar refractivity (Wildman–Crippen MR) is 86.0 cm³/mol. The lowest BCUT2D eigenvalue weighted by atomic mass is 10.0. The molecule has 3 heteroatoms. The summed E-state index contributed by atoms with van der Waals surface area (Å²) in [5.41, 5.74) is 0. The van der Waals surface area contributed by atoms with Gasteiger partial charge in [0.15, 0.2) is 0 Å². The maximum Gasteiger partial charge on any atom is 0.320 e. The Morgan fingerprint density at radius 2 is 1.65 bits per heavy atom. The normalized spacial score (nSPS) is 12.6. The third-order valence-corrected chi connectivity index (χ3v) is 3.48. The summed E-state index contributed by atoms with van der Waals surface area (Å²) in [7, 11) is 0. The maximum atomic E-state index is 11.1. The van der Waals surface area contributed by atoms with E-state index in [0.717, 1.165) is 19.4 Å². The molecule has 20 heavy (non-hydrogen) atoms. The lowest BCUT2D eigenvalue weighted by Crippen LogP contribution is -2.38. The number of allylic oxidation sites excluding steroid dienone is 1. The summed E-state index contributed by atoms with van der Waals surface area (Å²) >= 11 is 0. The van der Waals surface area contributed by atoms with Gasteiger partial charge in [0.2, 0.25) is 0 Å². The van der Waals surface area contributed by atoms with E-state index in [1.54, 1.807) is 0 Å². The van der Waals surface area contributed by atoms with Gasteiger partial charge in [0.05, 0.1) is 0 Å². The van der Waals surface area contributed by atoms with Crippen LogP contribution in [-0.2, 0) is 4.79 Å². The van der Waals surface area contributed by atoms with Crippen LogP contribution in [0.1, 0.15) is 71.6 Å². The third-order valence-electron chi connectivity index (χ3n) is 3.48. The number of hydrogen-bond donors (Lipinski definition) is 2. The van der Waals surface area contributed by atoms with Gasteiger partial charge in [-0.25, -0.2) is 0 Å². The molecule has 0 saturated carbocycles. The summed E-state index contributed by atoms with van der Waals surface area (Å²) in [5, 5.41) is 12.3. The Labute approximate surface area is 124 Å². The van der Waals surface area contributed by atoms with Crippen molar-refractivity contribution in [2.24, 2.45) is 5.92 Å². The number of aliphatic carboxylic acids is 1. The SMILES string of the molecule is C=CCCCCCCCCCN[C@@H](CC(C)C)C(=O)O. The van der Waals surface area contributed by atoms with E-state index >= 15 is 0 Å². The third kappa shape index (κ3) is 12.2. The second-order valence-electron chi connectivity index (χ2n) is 6.03. The standard InChI is InChI=1S/C17H33NO2/c1-4-5-6-7-8-9-10-11-12-13-18-16(17(19)20)14-15(2)3/h4,15-16,18H,1,5-14H2,2-3H3,(H,19,20)/t16-/m0/s1. The molecule has 0 saturated heterocycles. The van der Waals surface area contributed by atoms with E-state index in [1.807, 2.05) is 6.08 Å². The average Bonchev–Trinajstić information content (AvgIpc) is 2.39. The van der Waals surface area contributed by atoms with Gasteiger partial charge in [0.25, 0.3) is 0 Å². The molecule has 0 bridgehead atoms. The maximum absolute atomic E-state index is 11.1. The quantitative estimate of drug-likeness (QED) is 0.367. The van der Waals surface area contributed by atoms with E-state index in [-0.39, 0.29) is 6.04 Å². The fourth-order valence-corrected chi connectivity index (χ4v) is 2.32. The van der Waals surface area contributed by atoms with Crippen molar-refractivity contribution in [3.63, 3.8) is 0 Å². The molecule has 2 N–H and O–H groups in total.